The van der Waals surface area contributed by atoms with Gasteiger partial charge in [-0.25, -0.2) is 0 Å². The number of hydrogen-bond acceptors (Lipinski definition) is 2. The summed E-state index contributed by atoms with van der Waals surface area (Å²) in [6.07, 6.45) is 0. The van der Waals surface area contributed by atoms with E-state index in [9.17, 15) is 0 Å². The van der Waals surface area contributed by atoms with Crippen molar-refractivity contribution < 1.29 is 0 Å². The summed E-state index contributed by atoms with van der Waals surface area (Å²) in [6, 6.07) is 8.39. The number of rotatable bonds is 2. The van der Waals surface area contributed by atoms with Crippen molar-refractivity contribution in [2.24, 2.45) is 0 Å². The molecule has 3 heteroatoms. The third-order valence-electron chi connectivity index (χ3n) is 2.26. The zero-order chi connectivity index (χ0) is 10.7. The third kappa shape index (κ3) is 2.08. The average molecular weight is 253 g/mol. The lowest BCUT2D eigenvalue weighted by molar-refractivity contribution is 0.753. The molecule has 0 bridgehead atoms. The highest BCUT2D eigenvalue weighted by molar-refractivity contribution is 9.10. The third-order valence-corrected chi connectivity index (χ3v) is 2.92. The second-order valence-electron chi connectivity index (χ2n) is 3.45. The summed E-state index contributed by atoms with van der Waals surface area (Å²) < 4.78 is 0.852. The van der Waals surface area contributed by atoms with Gasteiger partial charge in [-0.1, -0.05) is 6.07 Å². The lowest BCUT2D eigenvalue weighted by Crippen LogP contribution is -2.26. The molecule has 0 spiro atoms. The Bertz CT molecular complexity index is 366. The van der Waals surface area contributed by atoms with Crippen LogP contribution in [-0.2, 0) is 0 Å². The normalized spacial score (nSPS) is 10.0. The maximum absolute atomic E-state index is 9.02. The molecule has 1 aromatic carbocycles. The van der Waals surface area contributed by atoms with Gasteiger partial charge in [0.25, 0.3) is 0 Å². The minimum absolute atomic E-state index is 0.386. The smallest absolute Gasteiger partial charge is 0.103 e. The highest BCUT2D eigenvalue weighted by Gasteiger charge is 2.11. The quantitative estimate of drug-likeness (QED) is 0.809. The first-order valence-corrected chi connectivity index (χ1v) is 5.28. The lowest BCUT2D eigenvalue weighted by atomic mass is 10.1. The van der Waals surface area contributed by atoms with E-state index >= 15 is 0 Å². The van der Waals surface area contributed by atoms with E-state index in [4.69, 9.17) is 5.26 Å². The highest BCUT2D eigenvalue weighted by Crippen LogP contribution is 2.27. The molecule has 2 nitrogen and oxygen atoms in total. The van der Waals surface area contributed by atoms with Crippen LogP contribution >= 0.6 is 15.9 Å². The fraction of sp³-hybridized carbons (Fsp3) is 0.364. The van der Waals surface area contributed by atoms with Gasteiger partial charge in [0, 0.05) is 17.6 Å². The van der Waals surface area contributed by atoms with Gasteiger partial charge in [-0.05, 0) is 41.9 Å². The Labute approximate surface area is 93.3 Å². The number of nitriles is 1. The number of anilines is 1. The predicted molar refractivity (Wildman–Crippen MR) is 62.4 cm³/mol. The van der Waals surface area contributed by atoms with E-state index in [1.807, 2.05) is 25.2 Å². The molecule has 0 atom stereocenters. The molecule has 0 radical (unpaired) electrons. The molecule has 0 aliphatic carbocycles. The molecule has 0 aliphatic rings. The first kappa shape index (κ1) is 11.1. The fourth-order valence-electron chi connectivity index (χ4n) is 1.20. The van der Waals surface area contributed by atoms with Gasteiger partial charge in [-0.15, -0.1) is 0 Å². The number of halogens is 1. The standard InChI is InChI=1S/C11H13BrN2/c1-8(2)14(3)11-6-4-5-10(12)9(11)7-13/h4-6,8H,1-3H3. The maximum Gasteiger partial charge on any atom is 0.103 e. The molecule has 0 aliphatic heterocycles. The Hall–Kier alpha value is -1.01. The van der Waals surface area contributed by atoms with Crippen molar-refractivity contribution in [3.05, 3.63) is 28.2 Å². The summed E-state index contributed by atoms with van der Waals surface area (Å²) in [5, 5.41) is 9.02. The molecule has 0 N–H and O–H groups in total. The molecule has 0 saturated carbocycles. The largest absolute Gasteiger partial charge is 0.371 e. The van der Waals surface area contributed by atoms with E-state index < -0.39 is 0 Å². The topological polar surface area (TPSA) is 27.0 Å². The van der Waals surface area contributed by atoms with Gasteiger partial charge < -0.3 is 4.90 Å². The minimum atomic E-state index is 0.386. The van der Waals surface area contributed by atoms with Crippen LogP contribution in [0.2, 0.25) is 0 Å². The first-order chi connectivity index (χ1) is 6.57. The maximum atomic E-state index is 9.02. The summed E-state index contributed by atoms with van der Waals surface area (Å²) in [7, 11) is 1.99. The number of hydrogen-bond donors (Lipinski definition) is 0. The summed E-state index contributed by atoms with van der Waals surface area (Å²) in [5.74, 6) is 0. The SMILES string of the molecule is CC(C)N(C)c1cccc(Br)c1C#N. The molecule has 0 heterocycles. The number of benzene rings is 1. The molecular weight excluding hydrogens is 240 g/mol. The van der Waals surface area contributed by atoms with Crippen LogP contribution in [0.3, 0.4) is 0 Å². The van der Waals surface area contributed by atoms with E-state index in [1.165, 1.54) is 0 Å². The van der Waals surface area contributed by atoms with Crippen LogP contribution in [-0.4, -0.2) is 13.1 Å². The van der Waals surface area contributed by atoms with Gasteiger partial charge in [0.15, 0.2) is 0 Å². The van der Waals surface area contributed by atoms with Gasteiger partial charge in [-0.3, -0.25) is 0 Å². The molecule has 74 valence electrons. The van der Waals surface area contributed by atoms with Crippen LogP contribution in [0.5, 0.6) is 0 Å². The second kappa shape index (κ2) is 4.47. The molecule has 14 heavy (non-hydrogen) atoms. The van der Waals surface area contributed by atoms with Crippen LogP contribution < -0.4 is 4.90 Å². The minimum Gasteiger partial charge on any atom is -0.371 e. The molecule has 1 rings (SSSR count). The van der Waals surface area contributed by atoms with Crippen molar-refractivity contribution in [3.8, 4) is 6.07 Å². The van der Waals surface area contributed by atoms with E-state index in [1.54, 1.807) is 0 Å². The second-order valence-corrected chi connectivity index (χ2v) is 4.30. The van der Waals surface area contributed by atoms with Gasteiger partial charge in [0.1, 0.15) is 6.07 Å². The molecular formula is C11H13BrN2. The van der Waals surface area contributed by atoms with Crippen LogP contribution in [0.25, 0.3) is 0 Å². The van der Waals surface area contributed by atoms with Crippen molar-refractivity contribution in [1.29, 1.82) is 5.26 Å². The Morgan fingerprint density at radius 1 is 1.43 bits per heavy atom. The van der Waals surface area contributed by atoms with Crippen molar-refractivity contribution >= 4 is 21.6 Å². The zero-order valence-corrected chi connectivity index (χ0v) is 10.2. The molecule has 0 amide bonds. The number of nitrogens with zero attached hydrogens (tertiary/aromatic N) is 2. The van der Waals surface area contributed by atoms with E-state index in [0.29, 0.717) is 11.6 Å². The summed E-state index contributed by atoms with van der Waals surface area (Å²) in [6.45, 7) is 4.20. The lowest BCUT2D eigenvalue weighted by Gasteiger charge is -2.25. The Morgan fingerprint density at radius 3 is 2.57 bits per heavy atom. The van der Waals surface area contributed by atoms with Gasteiger partial charge >= 0.3 is 0 Å². The molecule has 0 unspecified atom stereocenters. The van der Waals surface area contributed by atoms with E-state index in [-0.39, 0.29) is 0 Å². The molecule has 1 aromatic rings. The summed E-state index contributed by atoms with van der Waals surface area (Å²) in [5.41, 5.74) is 1.67. The highest BCUT2D eigenvalue weighted by atomic mass is 79.9. The van der Waals surface area contributed by atoms with Crippen molar-refractivity contribution in [3.63, 3.8) is 0 Å². The molecule has 0 fully saturated rings. The van der Waals surface area contributed by atoms with Crippen LogP contribution in [0, 0.1) is 11.3 Å². The fourth-order valence-corrected chi connectivity index (χ4v) is 1.64. The Balaban J connectivity index is 3.22. The average Bonchev–Trinajstić information content (AvgIpc) is 2.16. The first-order valence-electron chi connectivity index (χ1n) is 4.49. The van der Waals surface area contributed by atoms with Gasteiger partial charge in [-0.2, -0.15) is 5.26 Å². The van der Waals surface area contributed by atoms with Crippen LogP contribution in [0.4, 0.5) is 5.69 Å². The van der Waals surface area contributed by atoms with Crippen molar-refractivity contribution in [1.82, 2.24) is 0 Å². The van der Waals surface area contributed by atoms with Gasteiger partial charge in [0.05, 0.1) is 11.3 Å². The predicted octanol–water partition coefficient (Wildman–Crippen LogP) is 3.17. The van der Waals surface area contributed by atoms with E-state index in [2.05, 4.69) is 40.7 Å². The monoisotopic (exact) mass is 252 g/mol. The Kier molecular flexibility index (Phi) is 3.54. The van der Waals surface area contributed by atoms with Crippen molar-refractivity contribution in [2.45, 2.75) is 19.9 Å². The van der Waals surface area contributed by atoms with Gasteiger partial charge in [0.2, 0.25) is 0 Å². The molecule has 0 saturated heterocycles. The summed E-state index contributed by atoms with van der Waals surface area (Å²) >= 11 is 3.38. The zero-order valence-electron chi connectivity index (χ0n) is 8.58. The van der Waals surface area contributed by atoms with Crippen LogP contribution in [0.1, 0.15) is 19.4 Å². The van der Waals surface area contributed by atoms with Crippen LogP contribution in [0.15, 0.2) is 22.7 Å². The van der Waals surface area contributed by atoms with E-state index in [0.717, 1.165) is 10.2 Å². The Morgan fingerprint density at radius 2 is 2.07 bits per heavy atom. The molecule has 0 aromatic heterocycles. The van der Waals surface area contributed by atoms with Crippen molar-refractivity contribution in [2.75, 3.05) is 11.9 Å². The summed E-state index contributed by atoms with van der Waals surface area (Å²) in [4.78, 5) is 2.09.